The zero-order valence-corrected chi connectivity index (χ0v) is 12.5. The summed E-state index contributed by atoms with van der Waals surface area (Å²) < 4.78 is 8.28. The molecule has 0 fully saturated rings. The monoisotopic (exact) mass is 299 g/mol. The first-order valence-corrected chi connectivity index (χ1v) is 7.04. The van der Waals surface area contributed by atoms with Crippen LogP contribution in [0.2, 0.25) is 0 Å². The maximum Gasteiger partial charge on any atom is 0.328 e. The van der Waals surface area contributed by atoms with Gasteiger partial charge in [0.05, 0.1) is 17.3 Å². The molecule has 0 atom stereocenters. The van der Waals surface area contributed by atoms with Gasteiger partial charge in [-0.15, -0.1) is 0 Å². The van der Waals surface area contributed by atoms with Crippen molar-refractivity contribution < 1.29 is 9.21 Å². The minimum Gasteiger partial charge on any atom is -0.459 e. The number of benzene rings is 1. The Morgan fingerprint density at radius 2 is 1.95 bits per heavy atom. The fraction of sp³-hybridized carbons (Fsp3) is 0.250. The average Bonchev–Trinajstić information content (AvgIpc) is 3.12. The standard InChI is InChI=1S/C16H17N3O3/c1-18-12-6-5-11(10-13(12)19(2)16(18)21)7-8-17-15(20)14-4-3-9-22-14/h3-6,9-10H,7-8H2,1-2H3,(H,17,20). The van der Waals surface area contributed by atoms with Crippen molar-refractivity contribution in [2.24, 2.45) is 14.1 Å². The lowest BCUT2D eigenvalue weighted by atomic mass is 10.1. The molecule has 6 heteroatoms. The van der Waals surface area contributed by atoms with E-state index in [4.69, 9.17) is 4.42 Å². The molecule has 0 bridgehead atoms. The van der Waals surface area contributed by atoms with Crippen molar-refractivity contribution in [2.45, 2.75) is 6.42 Å². The molecule has 1 N–H and O–H groups in total. The highest BCUT2D eigenvalue weighted by Gasteiger charge is 2.09. The molecule has 22 heavy (non-hydrogen) atoms. The number of imidazole rings is 1. The molecular weight excluding hydrogens is 282 g/mol. The number of furan rings is 1. The van der Waals surface area contributed by atoms with Gasteiger partial charge in [-0.1, -0.05) is 6.07 Å². The van der Waals surface area contributed by atoms with Crippen molar-refractivity contribution >= 4 is 16.9 Å². The summed E-state index contributed by atoms with van der Waals surface area (Å²) in [7, 11) is 3.51. The molecule has 3 rings (SSSR count). The van der Waals surface area contributed by atoms with Gasteiger partial charge < -0.3 is 9.73 Å². The lowest BCUT2D eigenvalue weighted by Gasteiger charge is -2.04. The Hall–Kier alpha value is -2.76. The molecule has 2 aromatic heterocycles. The average molecular weight is 299 g/mol. The minimum absolute atomic E-state index is 0.0433. The summed E-state index contributed by atoms with van der Waals surface area (Å²) in [4.78, 5) is 23.6. The maximum atomic E-state index is 11.9. The fourth-order valence-corrected chi connectivity index (χ4v) is 2.52. The highest BCUT2D eigenvalue weighted by atomic mass is 16.3. The number of amides is 1. The number of nitrogens with one attached hydrogen (secondary N) is 1. The van der Waals surface area contributed by atoms with Crippen molar-refractivity contribution in [3.8, 4) is 0 Å². The van der Waals surface area contributed by atoms with Crippen LogP contribution in [0.25, 0.3) is 11.0 Å². The first-order valence-electron chi connectivity index (χ1n) is 7.04. The van der Waals surface area contributed by atoms with Gasteiger partial charge in [0.25, 0.3) is 5.91 Å². The summed E-state index contributed by atoms with van der Waals surface area (Å²) in [6.07, 6.45) is 2.16. The molecule has 1 aromatic carbocycles. The molecule has 0 saturated heterocycles. The molecule has 3 aromatic rings. The van der Waals surface area contributed by atoms with Crippen LogP contribution < -0.4 is 11.0 Å². The summed E-state index contributed by atoms with van der Waals surface area (Å²) in [6, 6.07) is 9.19. The predicted molar refractivity (Wildman–Crippen MR) is 82.9 cm³/mol. The molecule has 0 radical (unpaired) electrons. The van der Waals surface area contributed by atoms with E-state index in [1.807, 2.05) is 18.2 Å². The summed E-state index contributed by atoms with van der Waals surface area (Å²) in [5.74, 6) is 0.0825. The molecule has 0 aliphatic carbocycles. The number of carbonyl (C=O) groups is 1. The Labute approximate surface area is 127 Å². The lowest BCUT2D eigenvalue weighted by Crippen LogP contribution is -2.25. The maximum absolute atomic E-state index is 11.9. The van der Waals surface area contributed by atoms with Crippen molar-refractivity contribution in [1.82, 2.24) is 14.5 Å². The SMILES string of the molecule is Cn1c(=O)n(C)c2cc(CCNC(=O)c3ccco3)ccc21. The van der Waals surface area contributed by atoms with E-state index in [9.17, 15) is 9.59 Å². The third-order valence-electron chi connectivity index (χ3n) is 3.78. The Morgan fingerprint density at radius 3 is 2.68 bits per heavy atom. The van der Waals surface area contributed by atoms with E-state index in [2.05, 4.69) is 5.32 Å². The molecule has 0 saturated carbocycles. The van der Waals surface area contributed by atoms with Crippen LogP contribution >= 0.6 is 0 Å². The number of aryl methyl sites for hydroxylation is 2. The molecule has 0 aliphatic heterocycles. The van der Waals surface area contributed by atoms with Crippen LogP contribution in [0.4, 0.5) is 0 Å². The van der Waals surface area contributed by atoms with Crippen molar-refractivity contribution in [1.29, 1.82) is 0 Å². The van der Waals surface area contributed by atoms with Gasteiger partial charge in [0.1, 0.15) is 0 Å². The zero-order chi connectivity index (χ0) is 15.7. The summed E-state index contributed by atoms with van der Waals surface area (Å²) in [5.41, 5.74) is 2.81. The first-order chi connectivity index (χ1) is 10.6. The fourth-order valence-electron chi connectivity index (χ4n) is 2.52. The van der Waals surface area contributed by atoms with Crippen LogP contribution in [0.5, 0.6) is 0 Å². The quantitative estimate of drug-likeness (QED) is 0.792. The molecule has 0 unspecified atom stereocenters. The van der Waals surface area contributed by atoms with Gasteiger partial charge in [-0.3, -0.25) is 13.9 Å². The van der Waals surface area contributed by atoms with E-state index >= 15 is 0 Å². The third-order valence-corrected chi connectivity index (χ3v) is 3.78. The second kappa shape index (κ2) is 5.55. The number of rotatable bonds is 4. The van der Waals surface area contributed by atoms with E-state index in [0.29, 0.717) is 18.7 Å². The number of nitrogens with zero attached hydrogens (tertiary/aromatic N) is 2. The molecule has 0 aliphatic rings. The van der Waals surface area contributed by atoms with Gasteiger partial charge in [-0.05, 0) is 36.2 Å². The Kier molecular flexibility index (Phi) is 3.58. The van der Waals surface area contributed by atoms with E-state index < -0.39 is 0 Å². The first kappa shape index (κ1) is 14.2. The van der Waals surface area contributed by atoms with Crippen LogP contribution in [-0.4, -0.2) is 21.6 Å². The molecule has 114 valence electrons. The van der Waals surface area contributed by atoms with Crippen LogP contribution in [-0.2, 0) is 20.5 Å². The normalized spacial score (nSPS) is 11.0. The van der Waals surface area contributed by atoms with Gasteiger partial charge in [0, 0.05) is 20.6 Å². The third kappa shape index (κ3) is 2.43. The van der Waals surface area contributed by atoms with E-state index in [0.717, 1.165) is 16.6 Å². The van der Waals surface area contributed by atoms with Crippen molar-refractivity contribution in [3.05, 3.63) is 58.4 Å². The van der Waals surface area contributed by atoms with Crippen LogP contribution in [0.1, 0.15) is 16.1 Å². The highest BCUT2D eigenvalue weighted by molar-refractivity contribution is 5.91. The van der Waals surface area contributed by atoms with Gasteiger partial charge in [0.2, 0.25) is 0 Å². The molecule has 2 heterocycles. The summed E-state index contributed by atoms with van der Waals surface area (Å²) in [6.45, 7) is 0.506. The number of fused-ring (bicyclic) bond motifs is 1. The number of aromatic nitrogens is 2. The van der Waals surface area contributed by atoms with E-state index in [-0.39, 0.29) is 11.6 Å². The second-order valence-electron chi connectivity index (χ2n) is 5.21. The number of carbonyl (C=O) groups excluding carboxylic acids is 1. The van der Waals surface area contributed by atoms with E-state index in [1.165, 1.54) is 6.26 Å². The summed E-state index contributed by atoms with van der Waals surface area (Å²) >= 11 is 0. The Morgan fingerprint density at radius 1 is 1.18 bits per heavy atom. The molecule has 1 amide bonds. The van der Waals surface area contributed by atoms with Crippen LogP contribution in [0.15, 0.2) is 45.8 Å². The van der Waals surface area contributed by atoms with Gasteiger partial charge >= 0.3 is 5.69 Å². The van der Waals surface area contributed by atoms with Crippen LogP contribution in [0, 0.1) is 0 Å². The van der Waals surface area contributed by atoms with Crippen molar-refractivity contribution in [3.63, 3.8) is 0 Å². The predicted octanol–water partition coefficient (Wildman–Crippen LogP) is 1.44. The molecule has 6 nitrogen and oxygen atoms in total. The van der Waals surface area contributed by atoms with E-state index in [1.54, 1.807) is 35.4 Å². The highest BCUT2D eigenvalue weighted by Crippen LogP contribution is 2.14. The van der Waals surface area contributed by atoms with Crippen LogP contribution in [0.3, 0.4) is 0 Å². The minimum atomic E-state index is -0.224. The summed E-state index contributed by atoms with van der Waals surface area (Å²) in [5, 5.41) is 2.81. The zero-order valence-electron chi connectivity index (χ0n) is 12.5. The molecular formula is C16H17N3O3. The second-order valence-corrected chi connectivity index (χ2v) is 5.21. The smallest absolute Gasteiger partial charge is 0.328 e. The lowest BCUT2D eigenvalue weighted by molar-refractivity contribution is 0.0926. The van der Waals surface area contributed by atoms with Crippen molar-refractivity contribution in [2.75, 3.05) is 6.54 Å². The van der Waals surface area contributed by atoms with Gasteiger partial charge in [0.15, 0.2) is 5.76 Å². The van der Waals surface area contributed by atoms with Gasteiger partial charge in [-0.2, -0.15) is 0 Å². The topological polar surface area (TPSA) is 69.2 Å². The number of hydrogen-bond acceptors (Lipinski definition) is 3. The van der Waals surface area contributed by atoms with Gasteiger partial charge in [-0.25, -0.2) is 4.79 Å². The Balaban J connectivity index is 1.71. The largest absolute Gasteiger partial charge is 0.459 e. The Bertz CT molecular complexity index is 872. The number of hydrogen-bond donors (Lipinski definition) is 1. The molecule has 0 spiro atoms.